The van der Waals surface area contributed by atoms with Crippen LogP contribution in [0.1, 0.15) is 17.3 Å². The number of benzene rings is 1. The number of hydrogen-bond donors (Lipinski definition) is 0. The Morgan fingerprint density at radius 2 is 2.05 bits per heavy atom. The van der Waals surface area contributed by atoms with Crippen molar-refractivity contribution < 1.29 is 9.53 Å². The molecule has 0 saturated carbocycles. The van der Waals surface area contributed by atoms with E-state index in [1.807, 2.05) is 36.4 Å². The van der Waals surface area contributed by atoms with E-state index in [9.17, 15) is 4.79 Å². The zero-order chi connectivity index (χ0) is 14.4. The molecule has 0 unspecified atom stereocenters. The van der Waals surface area contributed by atoms with Gasteiger partial charge >= 0.3 is 5.97 Å². The molecule has 0 bridgehead atoms. The lowest BCUT2D eigenvalue weighted by atomic mass is 10.3. The zero-order valence-electron chi connectivity index (χ0n) is 10.8. The predicted octanol–water partition coefficient (Wildman–Crippen LogP) is 3.30. The molecule has 5 heteroatoms. The molecule has 1 atom stereocenters. The molecule has 0 radical (unpaired) electrons. The lowest BCUT2D eigenvalue weighted by molar-refractivity contribution is 0.0430. The average molecular weight is 284 g/mol. The maximum absolute atomic E-state index is 12.0. The van der Waals surface area contributed by atoms with E-state index < -0.39 is 12.1 Å². The van der Waals surface area contributed by atoms with Crippen molar-refractivity contribution in [2.75, 3.05) is 0 Å². The van der Waals surface area contributed by atoms with Crippen molar-refractivity contribution in [3.05, 3.63) is 54.2 Å². The maximum Gasteiger partial charge on any atom is 0.342 e. The Kier molecular flexibility index (Phi) is 4.75. The van der Waals surface area contributed by atoms with Crippen molar-refractivity contribution in [1.29, 1.82) is 5.26 Å². The van der Waals surface area contributed by atoms with E-state index in [0.29, 0.717) is 10.6 Å². The second-order valence-electron chi connectivity index (χ2n) is 3.95. The molecule has 0 spiro atoms. The van der Waals surface area contributed by atoms with Crippen LogP contribution >= 0.6 is 11.8 Å². The predicted molar refractivity (Wildman–Crippen MR) is 75.3 cm³/mol. The van der Waals surface area contributed by atoms with E-state index in [1.54, 1.807) is 18.3 Å². The molecule has 0 aliphatic heterocycles. The van der Waals surface area contributed by atoms with Gasteiger partial charge in [-0.15, -0.1) is 0 Å². The van der Waals surface area contributed by atoms with Gasteiger partial charge in [0.15, 0.2) is 6.10 Å². The fourth-order valence-corrected chi connectivity index (χ4v) is 2.37. The summed E-state index contributed by atoms with van der Waals surface area (Å²) in [6, 6.07) is 14.8. The molecule has 1 heterocycles. The van der Waals surface area contributed by atoms with Gasteiger partial charge in [0.2, 0.25) is 0 Å². The molecule has 0 aliphatic rings. The first-order valence-corrected chi connectivity index (χ1v) is 6.81. The first-order valence-electron chi connectivity index (χ1n) is 5.99. The van der Waals surface area contributed by atoms with Crippen molar-refractivity contribution >= 4 is 17.7 Å². The number of esters is 1. The minimum atomic E-state index is -0.780. The summed E-state index contributed by atoms with van der Waals surface area (Å²) in [5, 5.41) is 9.25. The number of ether oxygens (including phenoxy) is 1. The molecule has 0 amide bonds. The van der Waals surface area contributed by atoms with Gasteiger partial charge in [0, 0.05) is 11.1 Å². The third-order valence-corrected chi connectivity index (χ3v) is 3.44. The van der Waals surface area contributed by atoms with Crippen LogP contribution in [0.5, 0.6) is 0 Å². The molecule has 20 heavy (non-hydrogen) atoms. The number of rotatable bonds is 4. The van der Waals surface area contributed by atoms with E-state index in [1.165, 1.54) is 18.7 Å². The highest BCUT2D eigenvalue weighted by molar-refractivity contribution is 7.99. The third-order valence-electron chi connectivity index (χ3n) is 2.41. The molecule has 0 saturated heterocycles. The summed E-state index contributed by atoms with van der Waals surface area (Å²) in [6.07, 6.45) is 0.841. The number of aromatic nitrogens is 1. The van der Waals surface area contributed by atoms with E-state index in [-0.39, 0.29) is 0 Å². The fourth-order valence-electron chi connectivity index (χ4n) is 1.48. The highest BCUT2D eigenvalue weighted by Crippen LogP contribution is 2.28. The highest BCUT2D eigenvalue weighted by atomic mass is 32.2. The van der Waals surface area contributed by atoms with E-state index >= 15 is 0 Å². The van der Waals surface area contributed by atoms with Crippen molar-refractivity contribution in [1.82, 2.24) is 4.98 Å². The average Bonchev–Trinajstić information content (AvgIpc) is 2.48. The summed E-state index contributed by atoms with van der Waals surface area (Å²) < 4.78 is 5.01. The van der Waals surface area contributed by atoms with Gasteiger partial charge in [-0.2, -0.15) is 5.26 Å². The Morgan fingerprint density at radius 1 is 1.30 bits per heavy atom. The van der Waals surface area contributed by atoms with E-state index in [4.69, 9.17) is 10.00 Å². The van der Waals surface area contributed by atoms with Crippen LogP contribution in [0.25, 0.3) is 0 Å². The first kappa shape index (κ1) is 14.1. The van der Waals surface area contributed by atoms with Gasteiger partial charge < -0.3 is 4.74 Å². The lowest BCUT2D eigenvalue weighted by Crippen LogP contribution is -2.14. The van der Waals surface area contributed by atoms with Crippen molar-refractivity contribution in [3.63, 3.8) is 0 Å². The van der Waals surface area contributed by atoms with Gasteiger partial charge in [-0.3, -0.25) is 0 Å². The minimum absolute atomic E-state index is 0.364. The van der Waals surface area contributed by atoms with Crippen LogP contribution < -0.4 is 0 Å². The summed E-state index contributed by atoms with van der Waals surface area (Å²) >= 11 is 1.38. The lowest BCUT2D eigenvalue weighted by Gasteiger charge is -2.09. The normalized spacial score (nSPS) is 11.4. The Morgan fingerprint density at radius 3 is 2.75 bits per heavy atom. The number of pyridine rings is 1. The number of carbonyl (C=O) groups is 1. The second-order valence-corrected chi connectivity index (χ2v) is 5.01. The molecule has 0 fully saturated rings. The van der Waals surface area contributed by atoms with E-state index in [2.05, 4.69) is 4.98 Å². The number of hydrogen-bond acceptors (Lipinski definition) is 5. The van der Waals surface area contributed by atoms with Gasteiger partial charge in [-0.1, -0.05) is 30.0 Å². The first-order chi connectivity index (χ1) is 9.70. The summed E-state index contributed by atoms with van der Waals surface area (Å²) in [5.41, 5.74) is 0.364. The standard InChI is InChI=1S/C15H12N2O2S/c1-11(10-16)19-15(18)13-8-5-9-17-14(13)20-12-6-3-2-4-7-12/h2-9,11H,1H3/t11-/m0/s1. The Balaban J connectivity index is 2.23. The Labute approximate surface area is 121 Å². The van der Waals surface area contributed by atoms with Crippen molar-refractivity contribution in [2.24, 2.45) is 0 Å². The molecule has 0 N–H and O–H groups in total. The number of nitriles is 1. The second kappa shape index (κ2) is 6.73. The molecule has 0 aliphatic carbocycles. The largest absolute Gasteiger partial charge is 0.444 e. The number of nitrogens with zero attached hydrogens (tertiary/aromatic N) is 2. The van der Waals surface area contributed by atoms with Crippen LogP contribution in [0.15, 0.2) is 58.6 Å². The SMILES string of the molecule is C[C@@H](C#N)OC(=O)c1cccnc1Sc1ccccc1. The summed E-state index contributed by atoms with van der Waals surface area (Å²) in [5.74, 6) is -0.536. The van der Waals surface area contributed by atoms with Crippen LogP contribution in [0.2, 0.25) is 0 Å². The van der Waals surface area contributed by atoms with Gasteiger partial charge in [0.1, 0.15) is 11.1 Å². The van der Waals surface area contributed by atoms with Crippen molar-refractivity contribution in [3.8, 4) is 6.07 Å². The Hall–Kier alpha value is -2.32. The molecule has 4 nitrogen and oxygen atoms in total. The van der Waals surface area contributed by atoms with Crippen LogP contribution in [0.4, 0.5) is 0 Å². The van der Waals surface area contributed by atoms with Gasteiger partial charge in [-0.05, 0) is 31.2 Å². The highest BCUT2D eigenvalue weighted by Gasteiger charge is 2.17. The van der Waals surface area contributed by atoms with Crippen LogP contribution in [-0.4, -0.2) is 17.1 Å². The van der Waals surface area contributed by atoms with Gasteiger partial charge in [0.25, 0.3) is 0 Å². The van der Waals surface area contributed by atoms with Gasteiger partial charge in [0.05, 0.1) is 5.56 Å². The molecular formula is C15H12N2O2S. The molecule has 2 rings (SSSR count). The van der Waals surface area contributed by atoms with Crippen LogP contribution in [-0.2, 0) is 4.74 Å². The Bertz CT molecular complexity index is 638. The summed E-state index contributed by atoms with van der Waals surface area (Å²) in [4.78, 5) is 17.2. The van der Waals surface area contributed by atoms with Gasteiger partial charge in [-0.25, -0.2) is 9.78 Å². The number of carbonyl (C=O) groups excluding carboxylic acids is 1. The van der Waals surface area contributed by atoms with Crippen molar-refractivity contribution in [2.45, 2.75) is 22.9 Å². The summed E-state index contributed by atoms with van der Waals surface area (Å²) in [7, 11) is 0. The molecule has 1 aromatic heterocycles. The monoisotopic (exact) mass is 284 g/mol. The molecule has 2 aromatic rings. The molecule has 100 valence electrons. The fraction of sp³-hybridized carbons (Fsp3) is 0.133. The van der Waals surface area contributed by atoms with E-state index in [0.717, 1.165) is 4.90 Å². The molecular weight excluding hydrogens is 272 g/mol. The summed E-state index contributed by atoms with van der Waals surface area (Å²) in [6.45, 7) is 1.53. The van der Waals surface area contributed by atoms with Crippen LogP contribution in [0.3, 0.4) is 0 Å². The van der Waals surface area contributed by atoms with Crippen LogP contribution in [0, 0.1) is 11.3 Å². The smallest absolute Gasteiger partial charge is 0.342 e. The zero-order valence-corrected chi connectivity index (χ0v) is 11.6. The molecule has 1 aromatic carbocycles. The topological polar surface area (TPSA) is 63.0 Å². The quantitative estimate of drug-likeness (QED) is 0.806. The third kappa shape index (κ3) is 3.59. The minimum Gasteiger partial charge on any atom is -0.444 e. The maximum atomic E-state index is 12.0.